The smallest absolute Gasteiger partial charge is 0.340 e. The highest BCUT2D eigenvalue weighted by Gasteiger charge is 2.14. The molecule has 1 heterocycles. The van der Waals surface area contributed by atoms with Crippen molar-refractivity contribution in [2.45, 2.75) is 6.42 Å². The molecule has 3 aromatic rings. The Morgan fingerprint density at radius 1 is 1.12 bits per heavy atom. The van der Waals surface area contributed by atoms with Crippen LogP contribution < -0.4 is 4.74 Å². The number of esters is 1. The minimum Gasteiger partial charge on any atom is -0.497 e. The fraction of sp³-hybridized carbons (Fsp3) is 0.176. The van der Waals surface area contributed by atoms with Crippen LogP contribution in [0.15, 0.2) is 54.9 Å². The molecule has 7 heteroatoms. The van der Waals surface area contributed by atoms with Crippen molar-refractivity contribution in [2.75, 3.05) is 13.7 Å². The van der Waals surface area contributed by atoms with Gasteiger partial charge in [-0.3, -0.25) is 0 Å². The van der Waals surface area contributed by atoms with Gasteiger partial charge < -0.3 is 9.47 Å². The molecule has 0 aliphatic rings. The van der Waals surface area contributed by atoms with Crippen molar-refractivity contribution in [2.24, 2.45) is 0 Å². The molecule has 0 saturated carbocycles. The molecule has 0 N–H and O–H groups in total. The molecule has 0 aliphatic carbocycles. The second-order valence-electron chi connectivity index (χ2n) is 5.01. The third kappa shape index (κ3) is 3.57. The second kappa shape index (κ2) is 7.36. The van der Waals surface area contributed by atoms with Crippen LogP contribution >= 0.6 is 0 Å². The van der Waals surface area contributed by atoms with Gasteiger partial charge >= 0.3 is 5.97 Å². The number of hydrogen-bond acceptors (Lipinski definition) is 6. The van der Waals surface area contributed by atoms with Crippen molar-refractivity contribution < 1.29 is 14.3 Å². The molecule has 24 heavy (non-hydrogen) atoms. The lowest BCUT2D eigenvalue weighted by molar-refractivity contribution is 0.0509. The van der Waals surface area contributed by atoms with Gasteiger partial charge in [0.2, 0.25) is 0 Å². The van der Waals surface area contributed by atoms with Crippen LogP contribution in [0.5, 0.6) is 5.75 Å². The number of carbonyl (C=O) groups excluding carboxylic acids is 1. The maximum absolute atomic E-state index is 12.3. The van der Waals surface area contributed by atoms with E-state index in [1.807, 2.05) is 30.3 Å². The van der Waals surface area contributed by atoms with Crippen LogP contribution in [-0.4, -0.2) is 39.9 Å². The lowest BCUT2D eigenvalue weighted by atomic mass is 10.1. The van der Waals surface area contributed by atoms with E-state index in [0.29, 0.717) is 17.7 Å². The van der Waals surface area contributed by atoms with Crippen LogP contribution in [-0.2, 0) is 11.2 Å². The molecule has 2 aromatic carbocycles. The number of benzene rings is 2. The molecule has 1 aromatic heterocycles. The Hall–Kier alpha value is -3.22. The molecule has 0 unspecified atom stereocenters. The van der Waals surface area contributed by atoms with Gasteiger partial charge in [-0.2, -0.15) is 4.68 Å². The van der Waals surface area contributed by atoms with Crippen LogP contribution in [0.2, 0.25) is 0 Å². The molecule has 122 valence electrons. The number of methoxy groups -OCH3 is 1. The van der Waals surface area contributed by atoms with E-state index in [1.165, 1.54) is 11.0 Å². The Morgan fingerprint density at radius 3 is 2.62 bits per heavy atom. The van der Waals surface area contributed by atoms with E-state index in [4.69, 9.17) is 9.47 Å². The first-order chi connectivity index (χ1) is 11.8. The van der Waals surface area contributed by atoms with Gasteiger partial charge in [0.15, 0.2) is 0 Å². The number of aromatic nitrogens is 4. The SMILES string of the molecule is COc1ccc(CCOC(=O)c2ccccc2-n2cnnn2)cc1. The van der Waals surface area contributed by atoms with Crippen LogP contribution in [0.1, 0.15) is 15.9 Å². The van der Waals surface area contributed by atoms with Crippen LogP contribution in [0, 0.1) is 0 Å². The number of ether oxygens (including phenoxy) is 2. The van der Waals surface area contributed by atoms with Gasteiger partial charge in [-0.25, -0.2) is 4.79 Å². The van der Waals surface area contributed by atoms with Gasteiger partial charge in [0.1, 0.15) is 12.1 Å². The van der Waals surface area contributed by atoms with Crippen molar-refractivity contribution in [3.05, 3.63) is 66.0 Å². The summed E-state index contributed by atoms with van der Waals surface area (Å²) in [4.78, 5) is 12.3. The molecule has 0 amide bonds. The Morgan fingerprint density at radius 2 is 1.92 bits per heavy atom. The summed E-state index contributed by atoms with van der Waals surface area (Å²) >= 11 is 0. The van der Waals surface area contributed by atoms with E-state index in [0.717, 1.165) is 11.3 Å². The van der Waals surface area contributed by atoms with Crippen molar-refractivity contribution >= 4 is 5.97 Å². The van der Waals surface area contributed by atoms with Crippen LogP contribution in [0.4, 0.5) is 0 Å². The molecule has 0 saturated heterocycles. The largest absolute Gasteiger partial charge is 0.497 e. The normalized spacial score (nSPS) is 10.4. The number of nitrogens with zero attached hydrogens (tertiary/aromatic N) is 4. The number of carbonyl (C=O) groups is 1. The Balaban J connectivity index is 1.63. The van der Waals surface area contributed by atoms with E-state index < -0.39 is 5.97 Å². The Kier molecular flexibility index (Phi) is 4.81. The maximum atomic E-state index is 12.3. The molecule has 3 rings (SSSR count). The zero-order valence-corrected chi connectivity index (χ0v) is 13.1. The number of tetrazole rings is 1. The standard InChI is InChI=1S/C17H16N4O3/c1-23-14-8-6-13(7-9-14)10-11-24-17(22)15-4-2-3-5-16(15)21-12-18-19-20-21/h2-9,12H,10-11H2,1H3. The van der Waals surface area contributed by atoms with E-state index in [-0.39, 0.29) is 6.61 Å². The lowest BCUT2D eigenvalue weighted by Gasteiger charge is -2.09. The van der Waals surface area contributed by atoms with E-state index >= 15 is 0 Å². The zero-order chi connectivity index (χ0) is 16.8. The summed E-state index contributed by atoms with van der Waals surface area (Å²) < 4.78 is 11.9. The first kappa shape index (κ1) is 15.7. The monoisotopic (exact) mass is 324 g/mol. The molecule has 7 nitrogen and oxygen atoms in total. The summed E-state index contributed by atoms with van der Waals surface area (Å²) in [6, 6.07) is 14.7. The molecular weight excluding hydrogens is 308 g/mol. The molecule has 0 spiro atoms. The van der Waals surface area contributed by atoms with Crippen molar-refractivity contribution in [1.29, 1.82) is 0 Å². The Bertz CT molecular complexity index is 801. The highest BCUT2D eigenvalue weighted by atomic mass is 16.5. The fourth-order valence-electron chi connectivity index (χ4n) is 2.25. The fourth-order valence-corrected chi connectivity index (χ4v) is 2.25. The van der Waals surface area contributed by atoms with Gasteiger partial charge in [-0.15, -0.1) is 5.10 Å². The summed E-state index contributed by atoms with van der Waals surface area (Å²) in [6.07, 6.45) is 2.06. The lowest BCUT2D eigenvalue weighted by Crippen LogP contribution is -2.12. The van der Waals surface area contributed by atoms with E-state index in [1.54, 1.807) is 25.3 Å². The number of para-hydroxylation sites is 1. The van der Waals surface area contributed by atoms with Crippen LogP contribution in [0.3, 0.4) is 0 Å². The topological polar surface area (TPSA) is 79.1 Å². The van der Waals surface area contributed by atoms with Gasteiger partial charge in [0, 0.05) is 6.42 Å². The first-order valence-electron chi connectivity index (χ1n) is 7.40. The molecule has 0 fully saturated rings. The number of rotatable bonds is 6. The highest BCUT2D eigenvalue weighted by Crippen LogP contribution is 2.15. The first-order valence-corrected chi connectivity index (χ1v) is 7.40. The van der Waals surface area contributed by atoms with Crippen LogP contribution in [0.25, 0.3) is 5.69 Å². The highest BCUT2D eigenvalue weighted by molar-refractivity contribution is 5.93. The summed E-state index contributed by atoms with van der Waals surface area (Å²) in [5.41, 5.74) is 2.06. The number of hydrogen-bond donors (Lipinski definition) is 0. The summed E-state index contributed by atoms with van der Waals surface area (Å²) in [7, 11) is 1.62. The second-order valence-corrected chi connectivity index (χ2v) is 5.01. The van der Waals surface area contributed by atoms with Gasteiger partial charge in [0.25, 0.3) is 0 Å². The third-order valence-electron chi connectivity index (χ3n) is 3.50. The predicted octanol–water partition coefficient (Wildman–Crippen LogP) is 2.07. The van der Waals surface area contributed by atoms with Crippen molar-refractivity contribution in [3.63, 3.8) is 0 Å². The maximum Gasteiger partial charge on any atom is 0.340 e. The summed E-state index contributed by atoms with van der Waals surface area (Å²) in [5.74, 6) is 0.390. The quantitative estimate of drug-likeness (QED) is 0.646. The molecule has 0 aliphatic heterocycles. The van der Waals surface area contributed by atoms with Gasteiger partial charge in [-0.1, -0.05) is 24.3 Å². The minimum atomic E-state index is -0.408. The molecular formula is C17H16N4O3. The average Bonchev–Trinajstić information content (AvgIpc) is 3.17. The summed E-state index contributed by atoms with van der Waals surface area (Å²) in [5, 5.41) is 11.0. The average molecular weight is 324 g/mol. The van der Waals surface area contributed by atoms with E-state index in [9.17, 15) is 4.79 Å². The predicted molar refractivity (Wildman–Crippen MR) is 86.1 cm³/mol. The van der Waals surface area contributed by atoms with Crippen molar-refractivity contribution in [1.82, 2.24) is 20.2 Å². The molecule has 0 atom stereocenters. The third-order valence-corrected chi connectivity index (χ3v) is 3.50. The zero-order valence-electron chi connectivity index (χ0n) is 13.1. The van der Waals surface area contributed by atoms with Gasteiger partial charge in [-0.05, 0) is 40.3 Å². The molecule has 0 bridgehead atoms. The summed E-state index contributed by atoms with van der Waals surface area (Å²) in [6.45, 7) is 0.287. The minimum absolute atomic E-state index is 0.287. The van der Waals surface area contributed by atoms with Gasteiger partial charge in [0.05, 0.1) is 25.0 Å². The Labute approximate surface area is 138 Å². The van der Waals surface area contributed by atoms with E-state index in [2.05, 4.69) is 15.5 Å². The molecule has 0 radical (unpaired) electrons. The van der Waals surface area contributed by atoms with Crippen molar-refractivity contribution in [3.8, 4) is 11.4 Å².